The summed E-state index contributed by atoms with van der Waals surface area (Å²) in [5, 5.41) is 3.19. The highest BCUT2D eigenvalue weighted by atomic mass is 35.5. The van der Waals surface area contributed by atoms with Crippen LogP contribution in [0.5, 0.6) is 0 Å². The van der Waals surface area contributed by atoms with Gasteiger partial charge in [-0.05, 0) is 13.8 Å². The van der Waals surface area contributed by atoms with E-state index in [0.717, 1.165) is 30.3 Å². The second-order valence-electron chi connectivity index (χ2n) is 4.32. The van der Waals surface area contributed by atoms with Gasteiger partial charge in [0, 0.05) is 18.5 Å². The number of hydrogen-bond acceptors (Lipinski definition) is 4. The maximum absolute atomic E-state index is 5.74. The molecule has 2 unspecified atom stereocenters. The molecule has 0 radical (unpaired) electrons. The molecule has 1 aromatic heterocycles. The molecule has 0 amide bonds. The van der Waals surface area contributed by atoms with E-state index in [2.05, 4.69) is 23.7 Å². The number of rotatable bonds is 3. The lowest BCUT2D eigenvalue weighted by molar-refractivity contribution is -0.0705. The monoisotopic (exact) mass is 260 g/mol. The predicted octanol–water partition coefficient (Wildman–Crippen LogP) is 2.49. The summed E-state index contributed by atoms with van der Waals surface area (Å²) in [6.07, 6.45) is 0.632. The van der Waals surface area contributed by atoms with Gasteiger partial charge >= 0.3 is 0 Å². The molecule has 16 heavy (non-hydrogen) atoms. The number of hydrogen-bond donors (Lipinski definition) is 0. The van der Waals surface area contributed by atoms with Crippen molar-refractivity contribution in [1.82, 2.24) is 9.88 Å². The number of morpholine rings is 1. The standard InChI is InChI=1S/C11H17ClN2OS/c1-8-4-14(5-9(2)15-8)6-11-13-10(3-12)7-16-11/h7-9H,3-6H2,1-2H3. The zero-order valence-electron chi connectivity index (χ0n) is 9.65. The Kier molecular flexibility index (Phi) is 4.19. The van der Waals surface area contributed by atoms with Crippen LogP contribution >= 0.6 is 22.9 Å². The van der Waals surface area contributed by atoms with E-state index in [4.69, 9.17) is 16.3 Å². The van der Waals surface area contributed by atoms with Crippen LogP contribution in [0.15, 0.2) is 5.38 Å². The number of alkyl halides is 1. The van der Waals surface area contributed by atoms with Crippen LogP contribution in [0.3, 0.4) is 0 Å². The summed E-state index contributed by atoms with van der Waals surface area (Å²) in [6.45, 7) is 7.13. The molecule has 1 saturated heterocycles. The van der Waals surface area contributed by atoms with Gasteiger partial charge < -0.3 is 4.74 Å². The third-order valence-electron chi connectivity index (χ3n) is 2.59. The average Bonchev–Trinajstić information content (AvgIpc) is 2.64. The Morgan fingerprint density at radius 3 is 2.75 bits per heavy atom. The Morgan fingerprint density at radius 1 is 1.50 bits per heavy atom. The number of thiazole rings is 1. The second kappa shape index (κ2) is 5.45. The Bertz CT molecular complexity index is 334. The largest absolute Gasteiger partial charge is 0.373 e. The van der Waals surface area contributed by atoms with Crippen LogP contribution in [0.1, 0.15) is 24.5 Å². The van der Waals surface area contributed by atoms with E-state index in [1.807, 2.05) is 5.38 Å². The molecular formula is C11H17ClN2OS. The molecule has 0 aromatic carbocycles. The van der Waals surface area contributed by atoms with Crippen LogP contribution < -0.4 is 0 Å². The molecule has 2 heterocycles. The summed E-state index contributed by atoms with van der Waals surface area (Å²) in [7, 11) is 0. The Hall–Kier alpha value is -0.160. The van der Waals surface area contributed by atoms with Crippen molar-refractivity contribution in [2.24, 2.45) is 0 Å². The van der Waals surface area contributed by atoms with Crippen LogP contribution in [0.4, 0.5) is 0 Å². The van der Waals surface area contributed by atoms with Gasteiger partial charge in [-0.25, -0.2) is 4.98 Å². The van der Waals surface area contributed by atoms with Crippen LogP contribution in [0.25, 0.3) is 0 Å². The van der Waals surface area contributed by atoms with Gasteiger partial charge in [-0.2, -0.15) is 0 Å². The molecule has 1 aromatic rings. The van der Waals surface area contributed by atoms with Gasteiger partial charge in [-0.3, -0.25) is 4.90 Å². The van der Waals surface area contributed by atoms with E-state index in [0.29, 0.717) is 18.1 Å². The molecule has 1 aliphatic rings. The fourth-order valence-corrected chi connectivity index (χ4v) is 3.15. The molecule has 2 rings (SSSR count). The molecule has 90 valence electrons. The van der Waals surface area contributed by atoms with E-state index in [1.165, 1.54) is 0 Å². The van der Waals surface area contributed by atoms with Gasteiger partial charge in [0.1, 0.15) is 5.01 Å². The quantitative estimate of drug-likeness (QED) is 0.781. The highest BCUT2D eigenvalue weighted by Crippen LogP contribution is 2.17. The highest BCUT2D eigenvalue weighted by Gasteiger charge is 2.22. The van der Waals surface area contributed by atoms with Crippen molar-refractivity contribution in [3.8, 4) is 0 Å². The second-order valence-corrected chi connectivity index (χ2v) is 5.53. The third-order valence-corrected chi connectivity index (χ3v) is 3.75. The predicted molar refractivity (Wildman–Crippen MR) is 67.0 cm³/mol. The third kappa shape index (κ3) is 3.17. The van der Waals surface area contributed by atoms with Crippen LogP contribution in [0.2, 0.25) is 0 Å². The average molecular weight is 261 g/mol. The summed E-state index contributed by atoms with van der Waals surface area (Å²) in [6, 6.07) is 0. The zero-order valence-corrected chi connectivity index (χ0v) is 11.2. The minimum atomic E-state index is 0.316. The van der Waals surface area contributed by atoms with Gasteiger partial charge in [-0.15, -0.1) is 22.9 Å². The van der Waals surface area contributed by atoms with Crippen molar-refractivity contribution in [3.05, 3.63) is 16.1 Å². The molecule has 2 atom stereocenters. The molecule has 5 heteroatoms. The summed E-state index contributed by atoms with van der Waals surface area (Å²) in [4.78, 5) is 6.88. The Balaban J connectivity index is 1.93. The molecular weight excluding hydrogens is 244 g/mol. The molecule has 1 fully saturated rings. The molecule has 0 bridgehead atoms. The lowest BCUT2D eigenvalue weighted by atomic mass is 10.2. The first kappa shape index (κ1) is 12.3. The fraction of sp³-hybridized carbons (Fsp3) is 0.727. The van der Waals surface area contributed by atoms with Gasteiger partial charge in [-0.1, -0.05) is 0 Å². The van der Waals surface area contributed by atoms with Gasteiger partial charge in [0.25, 0.3) is 0 Å². The molecule has 0 saturated carbocycles. The van der Waals surface area contributed by atoms with Gasteiger partial charge in [0.15, 0.2) is 0 Å². The lowest BCUT2D eigenvalue weighted by Gasteiger charge is -2.34. The number of nitrogens with zero attached hydrogens (tertiary/aromatic N) is 2. The van der Waals surface area contributed by atoms with Crippen molar-refractivity contribution in [3.63, 3.8) is 0 Å². The summed E-state index contributed by atoms with van der Waals surface area (Å²) in [5.74, 6) is 0.506. The van der Waals surface area contributed by atoms with E-state index in [1.54, 1.807) is 11.3 Å². The van der Waals surface area contributed by atoms with Crippen molar-refractivity contribution in [2.45, 2.75) is 38.5 Å². The topological polar surface area (TPSA) is 25.4 Å². The first-order valence-electron chi connectivity index (χ1n) is 5.54. The van der Waals surface area contributed by atoms with Crippen molar-refractivity contribution in [1.29, 1.82) is 0 Å². The molecule has 3 nitrogen and oxygen atoms in total. The first-order valence-corrected chi connectivity index (χ1v) is 6.96. The minimum absolute atomic E-state index is 0.316. The van der Waals surface area contributed by atoms with Crippen LogP contribution in [0, 0.1) is 0 Å². The van der Waals surface area contributed by atoms with E-state index in [9.17, 15) is 0 Å². The maximum atomic E-state index is 5.74. The summed E-state index contributed by atoms with van der Waals surface area (Å²) in [5.41, 5.74) is 0.982. The first-order chi connectivity index (χ1) is 7.67. The zero-order chi connectivity index (χ0) is 11.5. The van der Waals surface area contributed by atoms with Crippen molar-refractivity contribution >= 4 is 22.9 Å². The summed E-state index contributed by atoms with van der Waals surface area (Å²) < 4.78 is 5.70. The van der Waals surface area contributed by atoms with E-state index >= 15 is 0 Å². The number of aromatic nitrogens is 1. The molecule has 0 spiro atoms. The molecule has 1 aliphatic heterocycles. The number of ether oxygens (including phenoxy) is 1. The van der Waals surface area contributed by atoms with E-state index in [-0.39, 0.29) is 0 Å². The molecule has 0 N–H and O–H groups in total. The fourth-order valence-electron chi connectivity index (χ4n) is 2.09. The Morgan fingerprint density at radius 2 is 2.19 bits per heavy atom. The van der Waals surface area contributed by atoms with Gasteiger partial charge in [0.05, 0.1) is 30.3 Å². The smallest absolute Gasteiger partial charge is 0.107 e. The highest BCUT2D eigenvalue weighted by molar-refractivity contribution is 7.09. The van der Waals surface area contributed by atoms with Crippen LogP contribution in [-0.2, 0) is 17.2 Å². The lowest BCUT2D eigenvalue weighted by Crippen LogP contribution is -2.44. The van der Waals surface area contributed by atoms with E-state index < -0.39 is 0 Å². The van der Waals surface area contributed by atoms with Gasteiger partial charge in [0.2, 0.25) is 0 Å². The summed E-state index contributed by atoms with van der Waals surface area (Å²) >= 11 is 7.43. The normalized spacial score (nSPS) is 27.2. The molecule has 0 aliphatic carbocycles. The number of halogens is 1. The van der Waals surface area contributed by atoms with Crippen LogP contribution in [-0.4, -0.2) is 35.2 Å². The Labute approximate surface area is 105 Å². The maximum Gasteiger partial charge on any atom is 0.107 e. The van der Waals surface area contributed by atoms with Crippen molar-refractivity contribution in [2.75, 3.05) is 13.1 Å². The van der Waals surface area contributed by atoms with Crippen molar-refractivity contribution < 1.29 is 4.74 Å². The minimum Gasteiger partial charge on any atom is -0.373 e. The SMILES string of the molecule is CC1CN(Cc2nc(CCl)cs2)CC(C)O1.